The van der Waals surface area contributed by atoms with Crippen molar-refractivity contribution in [2.75, 3.05) is 28.4 Å². The number of nitrogens with zero attached hydrogens (tertiary/aromatic N) is 1. The summed E-state index contributed by atoms with van der Waals surface area (Å²) < 4.78 is 15.8. The van der Waals surface area contributed by atoms with Gasteiger partial charge in [-0.25, -0.2) is 0 Å². The van der Waals surface area contributed by atoms with Gasteiger partial charge in [-0.1, -0.05) is 12.2 Å². The smallest absolute Gasteiger partial charge is 0.258 e. The number of carbonyl (C=O) groups excluding carboxylic acids is 1. The molecular formula is C14H20N2O4S. The summed E-state index contributed by atoms with van der Waals surface area (Å²) in [6.45, 7) is 1.76. The number of likely N-dealkylation sites (N-methyl/N-ethyl adjacent to an activating group) is 1. The Bertz CT molecular complexity index is 548. The van der Waals surface area contributed by atoms with E-state index >= 15 is 0 Å². The topological polar surface area (TPSA) is 74.0 Å². The van der Waals surface area contributed by atoms with Gasteiger partial charge in [0, 0.05) is 7.05 Å². The van der Waals surface area contributed by atoms with E-state index < -0.39 is 0 Å². The summed E-state index contributed by atoms with van der Waals surface area (Å²) in [5.74, 6) is 0.884. The molecule has 0 aromatic heterocycles. The van der Waals surface area contributed by atoms with E-state index in [0.29, 0.717) is 22.8 Å². The molecule has 0 saturated carbocycles. The number of benzene rings is 1. The molecule has 0 spiro atoms. The van der Waals surface area contributed by atoms with Crippen LogP contribution in [0.15, 0.2) is 12.1 Å². The van der Waals surface area contributed by atoms with E-state index in [2.05, 4.69) is 0 Å². The molecular weight excluding hydrogens is 292 g/mol. The lowest BCUT2D eigenvalue weighted by molar-refractivity contribution is 0.0774. The maximum Gasteiger partial charge on any atom is 0.258 e. The van der Waals surface area contributed by atoms with Crippen LogP contribution in [0, 0.1) is 0 Å². The van der Waals surface area contributed by atoms with E-state index in [-0.39, 0.29) is 16.9 Å². The molecule has 1 aromatic rings. The minimum absolute atomic E-state index is 0.241. The molecule has 6 nitrogen and oxygen atoms in total. The van der Waals surface area contributed by atoms with Crippen LogP contribution in [0.1, 0.15) is 17.3 Å². The van der Waals surface area contributed by atoms with Crippen molar-refractivity contribution in [2.45, 2.75) is 13.0 Å². The van der Waals surface area contributed by atoms with Crippen molar-refractivity contribution in [3.05, 3.63) is 17.7 Å². The predicted octanol–water partition coefficient (Wildman–Crippen LogP) is 1.46. The summed E-state index contributed by atoms with van der Waals surface area (Å²) >= 11 is 4.92. The van der Waals surface area contributed by atoms with Gasteiger partial charge in [-0.3, -0.25) is 4.79 Å². The van der Waals surface area contributed by atoms with Crippen molar-refractivity contribution in [3.63, 3.8) is 0 Å². The van der Waals surface area contributed by atoms with Crippen molar-refractivity contribution in [1.82, 2.24) is 4.90 Å². The van der Waals surface area contributed by atoms with Gasteiger partial charge in [0.2, 0.25) is 5.75 Å². The second kappa shape index (κ2) is 7.12. The molecule has 1 aromatic carbocycles. The van der Waals surface area contributed by atoms with Crippen molar-refractivity contribution in [2.24, 2.45) is 5.73 Å². The molecule has 116 valence electrons. The molecule has 0 aliphatic rings. The lowest BCUT2D eigenvalue weighted by Crippen LogP contribution is -2.42. The highest BCUT2D eigenvalue weighted by Gasteiger charge is 2.25. The maximum atomic E-state index is 12.6. The van der Waals surface area contributed by atoms with Crippen molar-refractivity contribution in [1.29, 1.82) is 0 Å². The Hall–Kier alpha value is -2.02. The zero-order valence-corrected chi connectivity index (χ0v) is 13.6. The molecule has 0 heterocycles. The van der Waals surface area contributed by atoms with Crippen LogP contribution in [0.2, 0.25) is 0 Å². The molecule has 0 aliphatic heterocycles. The van der Waals surface area contributed by atoms with Crippen molar-refractivity contribution in [3.8, 4) is 17.2 Å². The van der Waals surface area contributed by atoms with Crippen LogP contribution in [0.5, 0.6) is 17.2 Å². The second-order valence-corrected chi connectivity index (χ2v) is 4.85. The molecule has 1 rings (SSSR count). The number of hydrogen-bond acceptors (Lipinski definition) is 5. The Labute approximate surface area is 129 Å². The third-order valence-corrected chi connectivity index (χ3v) is 3.59. The molecule has 21 heavy (non-hydrogen) atoms. The lowest BCUT2D eigenvalue weighted by Gasteiger charge is -2.25. The number of amides is 1. The Morgan fingerprint density at radius 1 is 1.19 bits per heavy atom. The average Bonchev–Trinajstić information content (AvgIpc) is 2.50. The third-order valence-electron chi connectivity index (χ3n) is 3.25. The molecule has 0 bridgehead atoms. The molecule has 0 fully saturated rings. The Morgan fingerprint density at radius 3 is 2.19 bits per heavy atom. The fraction of sp³-hybridized carbons (Fsp3) is 0.429. The first-order valence-corrected chi connectivity index (χ1v) is 6.65. The van der Waals surface area contributed by atoms with Gasteiger partial charge in [0.05, 0.1) is 37.9 Å². The number of thiocarbonyl (C=S) groups is 1. The summed E-state index contributed by atoms with van der Waals surface area (Å²) in [5.41, 5.74) is 5.93. The molecule has 1 unspecified atom stereocenters. The van der Waals surface area contributed by atoms with Crippen LogP contribution < -0.4 is 19.9 Å². The second-order valence-electron chi connectivity index (χ2n) is 4.38. The fourth-order valence-corrected chi connectivity index (χ4v) is 1.98. The van der Waals surface area contributed by atoms with Crippen LogP contribution in [0.25, 0.3) is 0 Å². The summed E-state index contributed by atoms with van der Waals surface area (Å²) in [5, 5.41) is 0. The van der Waals surface area contributed by atoms with Gasteiger partial charge in [-0.2, -0.15) is 0 Å². The first-order chi connectivity index (χ1) is 9.88. The number of hydrogen-bond donors (Lipinski definition) is 1. The first-order valence-electron chi connectivity index (χ1n) is 6.24. The van der Waals surface area contributed by atoms with Gasteiger partial charge in [0.15, 0.2) is 11.5 Å². The van der Waals surface area contributed by atoms with Gasteiger partial charge >= 0.3 is 0 Å². The molecule has 0 aliphatic carbocycles. The van der Waals surface area contributed by atoms with Crippen molar-refractivity contribution < 1.29 is 19.0 Å². The van der Waals surface area contributed by atoms with E-state index in [9.17, 15) is 4.79 Å². The Kier molecular flexibility index (Phi) is 5.78. The van der Waals surface area contributed by atoms with Crippen LogP contribution in [0.4, 0.5) is 0 Å². The van der Waals surface area contributed by atoms with Gasteiger partial charge in [0.25, 0.3) is 5.91 Å². The number of carbonyl (C=O) groups is 1. The fourth-order valence-electron chi connectivity index (χ4n) is 1.83. The number of rotatable bonds is 6. The van der Waals surface area contributed by atoms with E-state index in [1.807, 2.05) is 0 Å². The highest BCUT2D eigenvalue weighted by molar-refractivity contribution is 7.80. The van der Waals surface area contributed by atoms with Gasteiger partial charge in [-0.15, -0.1) is 0 Å². The molecule has 1 amide bonds. The van der Waals surface area contributed by atoms with Crippen molar-refractivity contribution >= 4 is 23.1 Å². The monoisotopic (exact) mass is 312 g/mol. The minimum Gasteiger partial charge on any atom is -0.493 e. The number of ether oxygens (including phenoxy) is 3. The standard InChI is InChI=1S/C14H20N2O4S/c1-8(13(15)21)16(2)14(17)9-6-7-10(18-3)12(20-5)11(9)19-4/h6-8H,1-5H3,(H2,15,21). The normalized spacial score (nSPS) is 11.5. The SMILES string of the molecule is COc1ccc(C(=O)N(C)C(C)C(N)=S)c(OC)c1OC. The summed E-state index contributed by atoms with van der Waals surface area (Å²) in [6.07, 6.45) is 0. The van der Waals surface area contributed by atoms with E-state index in [1.54, 1.807) is 26.1 Å². The molecule has 2 N–H and O–H groups in total. The number of nitrogens with two attached hydrogens (primary N) is 1. The van der Waals surface area contributed by atoms with E-state index in [4.69, 9.17) is 32.2 Å². The molecule has 7 heteroatoms. The lowest BCUT2D eigenvalue weighted by atomic mass is 10.1. The van der Waals surface area contributed by atoms with Crippen LogP contribution in [0.3, 0.4) is 0 Å². The quantitative estimate of drug-likeness (QED) is 0.802. The van der Waals surface area contributed by atoms with Crippen LogP contribution >= 0.6 is 12.2 Å². The predicted molar refractivity (Wildman–Crippen MR) is 84.4 cm³/mol. The molecule has 0 saturated heterocycles. The Morgan fingerprint density at radius 2 is 1.76 bits per heavy atom. The third kappa shape index (κ3) is 3.36. The van der Waals surface area contributed by atoms with E-state index in [1.165, 1.54) is 26.2 Å². The number of methoxy groups -OCH3 is 3. The summed E-state index contributed by atoms with van der Waals surface area (Å²) in [4.78, 5) is 14.3. The molecule has 1 atom stereocenters. The Balaban J connectivity index is 3.30. The maximum absolute atomic E-state index is 12.6. The highest BCUT2D eigenvalue weighted by atomic mass is 32.1. The first kappa shape index (κ1) is 17.0. The zero-order chi connectivity index (χ0) is 16.2. The van der Waals surface area contributed by atoms with E-state index in [0.717, 1.165) is 0 Å². The van der Waals surface area contributed by atoms with Gasteiger partial charge < -0.3 is 24.8 Å². The zero-order valence-electron chi connectivity index (χ0n) is 12.8. The van der Waals surface area contributed by atoms with Gasteiger partial charge in [-0.05, 0) is 19.1 Å². The summed E-state index contributed by atoms with van der Waals surface area (Å²) in [6, 6.07) is 2.89. The highest BCUT2D eigenvalue weighted by Crippen LogP contribution is 2.40. The van der Waals surface area contributed by atoms with Crippen LogP contribution in [-0.4, -0.2) is 50.2 Å². The largest absolute Gasteiger partial charge is 0.493 e. The van der Waals surface area contributed by atoms with Gasteiger partial charge in [0.1, 0.15) is 0 Å². The summed E-state index contributed by atoms with van der Waals surface area (Å²) in [7, 11) is 6.09. The molecule has 0 radical (unpaired) electrons. The van der Waals surface area contributed by atoms with Crippen LogP contribution in [-0.2, 0) is 0 Å². The average molecular weight is 312 g/mol. The minimum atomic E-state index is -0.370.